The van der Waals surface area contributed by atoms with E-state index >= 15 is 0 Å². The van der Waals surface area contributed by atoms with Crippen molar-refractivity contribution in [2.24, 2.45) is 10.9 Å². The molecule has 6 nitrogen and oxygen atoms in total. The molecule has 1 unspecified atom stereocenters. The molecule has 1 atom stereocenters. The number of rotatable bonds is 9. The first-order valence-electron chi connectivity index (χ1n) is 9.61. The lowest BCUT2D eigenvalue weighted by Crippen LogP contribution is -2.39. The lowest BCUT2D eigenvalue weighted by atomic mass is 10.1. The van der Waals surface area contributed by atoms with Gasteiger partial charge in [-0.2, -0.15) is 0 Å². The first-order valence-corrected chi connectivity index (χ1v) is 9.61. The number of nitrogens with one attached hydrogen (secondary N) is 2. The molecule has 1 aliphatic carbocycles. The lowest BCUT2D eigenvalue weighted by molar-refractivity contribution is 0.153. The zero-order valence-corrected chi connectivity index (χ0v) is 16.1. The van der Waals surface area contributed by atoms with Crippen LogP contribution in [0.3, 0.4) is 0 Å². The van der Waals surface area contributed by atoms with Gasteiger partial charge >= 0.3 is 0 Å². The Balaban J connectivity index is 1.61. The van der Waals surface area contributed by atoms with Crippen LogP contribution in [0.15, 0.2) is 46.0 Å². The Bertz CT molecular complexity index is 739. The van der Waals surface area contributed by atoms with Gasteiger partial charge in [-0.25, -0.2) is 4.99 Å². The molecule has 0 amide bonds. The van der Waals surface area contributed by atoms with Crippen molar-refractivity contribution < 1.29 is 14.3 Å². The lowest BCUT2D eigenvalue weighted by Gasteiger charge is -2.15. The van der Waals surface area contributed by atoms with E-state index in [0.29, 0.717) is 30.7 Å². The molecule has 0 saturated heterocycles. The fourth-order valence-corrected chi connectivity index (χ4v) is 2.70. The number of benzene rings is 1. The van der Waals surface area contributed by atoms with Gasteiger partial charge in [0.25, 0.3) is 0 Å². The Morgan fingerprint density at radius 3 is 2.89 bits per heavy atom. The minimum absolute atomic E-state index is 0.318. The van der Waals surface area contributed by atoms with Crippen molar-refractivity contribution in [2.75, 3.05) is 19.7 Å². The Kier molecular flexibility index (Phi) is 6.76. The number of guanidine groups is 1. The van der Waals surface area contributed by atoms with E-state index in [-0.39, 0.29) is 0 Å². The summed E-state index contributed by atoms with van der Waals surface area (Å²) in [6, 6.07) is 9.75. The molecule has 146 valence electrons. The van der Waals surface area contributed by atoms with Crippen molar-refractivity contribution in [1.29, 1.82) is 0 Å². The largest absolute Gasteiger partial charge is 0.493 e. The van der Waals surface area contributed by atoms with Crippen LogP contribution in [0.4, 0.5) is 0 Å². The number of nitrogens with zero attached hydrogens (tertiary/aromatic N) is 1. The van der Waals surface area contributed by atoms with E-state index in [9.17, 15) is 5.11 Å². The smallest absolute Gasteiger partial charge is 0.191 e. The van der Waals surface area contributed by atoms with Crippen LogP contribution in [-0.4, -0.2) is 30.8 Å². The molecule has 1 aromatic heterocycles. The highest BCUT2D eigenvalue weighted by molar-refractivity contribution is 5.79. The fourth-order valence-electron chi connectivity index (χ4n) is 2.70. The predicted molar refractivity (Wildman–Crippen MR) is 106 cm³/mol. The van der Waals surface area contributed by atoms with Crippen molar-refractivity contribution in [3.05, 3.63) is 53.5 Å². The summed E-state index contributed by atoms with van der Waals surface area (Å²) in [7, 11) is 0. The summed E-state index contributed by atoms with van der Waals surface area (Å²) in [6.45, 7) is 6.43. The Morgan fingerprint density at radius 2 is 2.19 bits per heavy atom. The second-order valence-corrected chi connectivity index (χ2v) is 6.97. The molecule has 27 heavy (non-hydrogen) atoms. The van der Waals surface area contributed by atoms with Gasteiger partial charge in [-0.15, -0.1) is 0 Å². The zero-order valence-electron chi connectivity index (χ0n) is 16.1. The zero-order chi connectivity index (χ0) is 19.1. The van der Waals surface area contributed by atoms with E-state index in [1.54, 1.807) is 18.4 Å². The predicted octanol–water partition coefficient (Wildman–Crippen LogP) is 3.17. The van der Waals surface area contributed by atoms with Crippen molar-refractivity contribution in [2.45, 2.75) is 39.3 Å². The maximum atomic E-state index is 10.2. The first kappa shape index (κ1) is 19.3. The molecule has 0 spiro atoms. The van der Waals surface area contributed by atoms with E-state index in [0.717, 1.165) is 24.5 Å². The summed E-state index contributed by atoms with van der Waals surface area (Å²) < 4.78 is 11.2. The molecule has 6 heteroatoms. The number of ether oxygens (including phenoxy) is 1. The first-order chi connectivity index (χ1) is 13.2. The number of hydrogen-bond donors (Lipinski definition) is 3. The molecular weight excluding hydrogens is 342 g/mol. The van der Waals surface area contributed by atoms with Gasteiger partial charge in [-0.3, -0.25) is 0 Å². The van der Waals surface area contributed by atoms with Crippen molar-refractivity contribution >= 4 is 5.96 Å². The summed E-state index contributed by atoms with van der Waals surface area (Å²) in [5.74, 6) is 2.81. The third-order valence-corrected chi connectivity index (χ3v) is 4.48. The Labute approximate surface area is 160 Å². The molecule has 3 N–H and O–H groups in total. The molecule has 1 aromatic carbocycles. The second kappa shape index (κ2) is 9.46. The number of hydrogen-bond acceptors (Lipinski definition) is 4. The Hall–Kier alpha value is -2.47. The summed E-state index contributed by atoms with van der Waals surface area (Å²) in [5, 5.41) is 16.5. The van der Waals surface area contributed by atoms with Gasteiger partial charge < -0.3 is 24.9 Å². The van der Waals surface area contributed by atoms with Gasteiger partial charge in [0, 0.05) is 12.1 Å². The van der Waals surface area contributed by atoms with Crippen molar-refractivity contribution in [1.82, 2.24) is 10.6 Å². The summed E-state index contributed by atoms with van der Waals surface area (Å²) in [5.41, 5.74) is 2.24. The standard InChI is InChI=1S/C21H29N3O3/c1-3-22-21(24-13-18(25)19-5-4-10-26-19)23-12-17-9-6-15(2)11-20(17)27-14-16-7-8-16/h4-6,9-11,16,18,25H,3,7-8,12-14H2,1-2H3,(H2,22,23,24). The molecule has 1 fully saturated rings. The van der Waals surface area contributed by atoms with Gasteiger partial charge in [0.05, 0.1) is 26.0 Å². The minimum Gasteiger partial charge on any atom is -0.493 e. The molecular formula is C21H29N3O3. The average Bonchev–Trinajstić information content (AvgIpc) is 3.33. The number of aliphatic imine (C=N–C) groups is 1. The van der Waals surface area contributed by atoms with E-state index in [1.807, 2.05) is 6.92 Å². The van der Waals surface area contributed by atoms with Gasteiger partial charge in [0.1, 0.15) is 17.6 Å². The van der Waals surface area contributed by atoms with Crippen LogP contribution in [-0.2, 0) is 6.54 Å². The summed E-state index contributed by atoms with van der Waals surface area (Å²) in [6.07, 6.45) is 3.37. The van der Waals surface area contributed by atoms with Crippen LogP contribution < -0.4 is 15.4 Å². The highest BCUT2D eigenvalue weighted by atomic mass is 16.5. The van der Waals surface area contributed by atoms with Crippen LogP contribution in [0, 0.1) is 12.8 Å². The molecule has 0 radical (unpaired) electrons. The molecule has 0 bridgehead atoms. The quantitative estimate of drug-likeness (QED) is 0.466. The summed E-state index contributed by atoms with van der Waals surface area (Å²) >= 11 is 0. The normalized spacial score (nSPS) is 15.4. The highest BCUT2D eigenvalue weighted by Gasteiger charge is 2.22. The van der Waals surface area contributed by atoms with Crippen LogP contribution in [0.25, 0.3) is 0 Å². The third-order valence-electron chi connectivity index (χ3n) is 4.48. The molecule has 1 aliphatic rings. The monoisotopic (exact) mass is 371 g/mol. The SMILES string of the molecule is CCNC(=NCc1ccc(C)cc1OCC1CC1)NCC(O)c1ccco1. The van der Waals surface area contributed by atoms with E-state index in [1.165, 1.54) is 18.4 Å². The second-order valence-electron chi connectivity index (χ2n) is 6.97. The maximum Gasteiger partial charge on any atom is 0.191 e. The van der Waals surface area contributed by atoms with Crippen LogP contribution >= 0.6 is 0 Å². The number of aliphatic hydroxyl groups is 1. The molecule has 2 aromatic rings. The van der Waals surface area contributed by atoms with E-state index < -0.39 is 6.10 Å². The van der Waals surface area contributed by atoms with Crippen LogP contribution in [0.2, 0.25) is 0 Å². The average molecular weight is 371 g/mol. The van der Waals surface area contributed by atoms with Crippen molar-refractivity contribution in [3.63, 3.8) is 0 Å². The summed E-state index contributed by atoms with van der Waals surface area (Å²) in [4.78, 5) is 4.64. The Morgan fingerprint density at radius 1 is 1.33 bits per heavy atom. The van der Waals surface area contributed by atoms with Crippen molar-refractivity contribution in [3.8, 4) is 5.75 Å². The van der Waals surface area contributed by atoms with Gasteiger partial charge in [0.2, 0.25) is 0 Å². The minimum atomic E-state index is -0.722. The topological polar surface area (TPSA) is 79.0 Å². The molecule has 3 rings (SSSR count). The van der Waals surface area contributed by atoms with Gasteiger partial charge in [-0.1, -0.05) is 12.1 Å². The van der Waals surface area contributed by atoms with Gasteiger partial charge in [0.15, 0.2) is 5.96 Å². The number of aliphatic hydroxyl groups excluding tert-OH is 1. The molecule has 0 aliphatic heterocycles. The van der Waals surface area contributed by atoms with E-state index in [2.05, 4.69) is 40.7 Å². The van der Waals surface area contributed by atoms with Gasteiger partial charge in [-0.05, 0) is 56.4 Å². The fraction of sp³-hybridized carbons (Fsp3) is 0.476. The van der Waals surface area contributed by atoms with Crippen LogP contribution in [0.1, 0.15) is 42.8 Å². The highest BCUT2D eigenvalue weighted by Crippen LogP contribution is 2.31. The molecule has 1 heterocycles. The van der Waals surface area contributed by atoms with Crippen LogP contribution in [0.5, 0.6) is 5.75 Å². The third kappa shape index (κ3) is 6.03. The maximum absolute atomic E-state index is 10.2. The number of aryl methyl sites for hydroxylation is 1. The molecule has 1 saturated carbocycles. The van der Waals surface area contributed by atoms with E-state index in [4.69, 9.17) is 9.15 Å². The number of furan rings is 1.